The summed E-state index contributed by atoms with van der Waals surface area (Å²) >= 11 is 0. The van der Waals surface area contributed by atoms with Gasteiger partial charge >= 0.3 is 5.97 Å². The van der Waals surface area contributed by atoms with Crippen molar-refractivity contribution in [3.8, 4) is 0 Å². The number of nitrogens with one attached hydrogen (secondary N) is 1. The molecule has 0 heterocycles. The van der Waals surface area contributed by atoms with E-state index >= 15 is 0 Å². The Labute approximate surface area is 72.0 Å². The molecule has 0 aliphatic carbocycles. The maximum absolute atomic E-state index is 10.9. The molecule has 4 heteroatoms. The molecule has 0 aromatic carbocycles. The minimum atomic E-state index is -0.909. The number of carbonyl (C=O) groups is 2. The first-order valence-electron chi connectivity index (χ1n) is 3.92. The van der Waals surface area contributed by atoms with Crippen LogP contribution >= 0.6 is 0 Å². The number of rotatable bonds is 4. The lowest BCUT2D eigenvalue weighted by Gasteiger charge is -2.14. The van der Waals surface area contributed by atoms with Crippen LogP contribution in [0.5, 0.6) is 0 Å². The molecule has 0 aliphatic rings. The molecule has 0 saturated carbocycles. The predicted molar refractivity (Wildman–Crippen MR) is 44.6 cm³/mol. The summed E-state index contributed by atoms with van der Waals surface area (Å²) in [6.07, 6.45) is 0.0590. The molecule has 1 atom stereocenters. The van der Waals surface area contributed by atoms with Gasteiger partial charge in [0.1, 0.15) is 0 Å². The molecule has 0 fully saturated rings. The second kappa shape index (κ2) is 4.74. The van der Waals surface area contributed by atoms with Crippen molar-refractivity contribution in [1.29, 1.82) is 0 Å². The Kier molecular flexibility index (Phi) is 4.33. The third-order valence-corrected chi connectivity index (χ3v) is 1.81. The van der Waals surface area contributed by atoms with Crippen LogP contribution in [0.25, 0.3) is 0 Å². The van der Waals surface area contributed by atoms with E-state index in [-0.39, 0.29) is 18.2 Å². The van der Waals surface area contributed by atoms with Gasteiger partial charge in [0, 0.05) is 13.5 Å². The van der Waals surface area contributed by atoms with Gasteiger partial charge in [-0.25, -0.2) is 0 Å². The Hall–Kier alpha value is -1.06. The number of hydrogen-bond acceptors (Lipinski definition) is 2. The third-order valence-electron chi connectivity index (χ3n) is 1.81. The van der Waals surface area contributed by atoms with Crippen molar-refractivity contribution < 1.29 is 14.7 Å². The van der Waals surface area contributed by atoms with Gasteiger partial charge < -0.3 is 10.4 Å². The van der Waals surface area contributed by atoms with Crippen LogP contribution in [0, 0.1) is 11.8 Å². The van der Waals surface area contributed by atoms with Crippen LogP contribution in [0.3, 0.4) is 0 Å². The van der Waals surface area contributed by atoms with Crippen molar-refractivity contribution in [2.24, 2.45) is 11.8 Å². The van der Waals surface area contributed by atoms with Gasteiger partial charge in [0.25, 0.3) is 0 Å². The molecule has 4 nitrogen and oxygen atoms in total. The predicted octanol–water partition coefficient (Wildman–Crippen LogP) is 0.479. The van der Waals surface area contributed by atoms with Crippen LogP contribution in [0.2, 0.25) is 0 Å². The van der Waals surface area contributed by atoms with Crippen LogP contribution < -0.4 is 5.32 Å². The smallest absolute Gasteiger partial charge is 0.307 e. The van der Waals surface area contributed by atoms with E-state index in [1.807, 2.05) is 0 Å². The van der Waals surface area contributed by atoms with Crippen molar-refractivity contribution >= 4 is 11.9 Å². The van der Waals surface area contributed by atoms with E-state index < -0.39 is 11.9 Å². The van der Waals surface area contributed by atoms with Crippen LogP contribution in [-0.4, -0.2) is 24.0 Å². The van der Waals surface area contributed by atoms with E-state index in [9.17, 15) is 9.59 Å². The summed E-state index contributed by atoms with van der Waals surface area (Å²) in [5.74, 6) is -1.73. The number of carboxylic acid groups (broad SMARTS) is 1. The van der Waals surface area contributed by atoms with E-state index in [0.29, 0.717) is 0 Å². The molecule has 1 amide bonds. The van der Waals surface area contributed by atoms with Gasteiger partial charge in [-0.15, -0.1) is 0 Å². The average Bonchev–Trinajstić information content (AvgIpc) is 1.98. The average molecular weight is 173 g/mol. The number of carboxylic acids is 1. The molecule has 0 rings (SSSR count). The van der Waals surface area contributed by atoms with E-state index in [4.69, 9.17) is 5.11 Å². The fourth-order valence-electron chi connectivity index (χ4n) is 0.910. The molecule has 70 valence electrons. The molecule has 0 unspecified atom stereocenters. The van der Waals surface area contributed by atoms with E-state index in [0.717, 1.165) is 0 Å². The highest BCUT2D eigenvalue weighted by Gasteiger charge is 2.23. The SMILES string of the molecule is CNC(=O)C[C@@H](C(=O)O)C(C)C. The third kappa shape index (κ3) is 3.37. The lowest BCUT2D eigenvalue weighted by Crippen LogP contribution is -2.28. The minimum Gasteiger partial charge on any atom is -0.481 e. The normalized spacial score (nSPS) is 12.7. The number of carbonyl (C=O) groups excluding carboxylic acids is 1. The maximum atomic E-state index is 10.9. The standard InChI is InChI=1S/C8H15NO3/c1-5(2)6(8(11)12)4-7(10)9-3/h5-6H,4H2,1-3H3,(H,9,10)(H,11,12)/t6-/m1/s1. The summed E-state index contributed by atoms with van der Waals surface area (Å²) in [6, 6.07) is 0. The van der Waals surface area contributed by atoms with E-state index in [2.05, 4.69) is 5.32 Å². The Morgan fingerprint density at radius 1 is 1.42 bits per heavy atom. The van der Waals surface area contributed by atoms with Gasteiger partial charge in [0.15, 0.2) is 0 Å². The number of aliphatic carboxylic acids is 1. The maximum Gasteiger partial charge on any atom is 0.307 e. The fraction of sp³-hybridized carbons (Fsp3) is 0.750. The fourth-order valence-corrected chi connectivity index (χ4v) is 0.910. The van der Waals surface area contributed by atoms with Crippen LogP contribution in [-0.2, 0) is 9.59 Å². The van der Waals surface area contributed by atoms with Crippen LogP contribution in [0.1, 0.15) is 20.3 Å². The minimum absolute atomic E-state index is 0.0141. The number of amides is 1. The molecule has 0 radical (unpaired) electrons. The highest BCUT2D eigenvalue weighted by molar-refractivity contribution is 5.82. The topological polar surface area (TPSA) is 66.4 Å². The van der Waals surface area contributed by atoms with Gasteiger partial charge in [0.2, 0.25) is 5.91 Å². The molecule has 0 aliphatic heterocycles. The van der Waals surface area contributed by atoms with Gasteiger partial charge in [-0.05, 0) is 5.92 Å². The summed E-state index contributed by atoms with van der Waals surface area (Å²) in [6.45, 7) is 3.59. The lowest BCUT2D eigenvalue weighted by molar-refractivity contribution is -0.145. The summed E-state index contributed by atoms with van der Waals surface area (Å²) in [4.78, 5) is 21.5. The van der Waals surface area contributed by atoms with Gasteiger partial charge in [-0.3, -0.25) is 9.59 Å². The molecule has 0 saturated heterocycles. The van der Waals surface area contributed by atoms with Gasteiger partial charge in [0.05, 0.1) is 5.92 Å². The van der Waals surface area contributed by atoms with Crippen molar-refractivity contribution in [2.75, 3.05) is 7.05 Å². The van der Waals surface area contributed by atoms with Crippen molar-refractivity contribution in [1.82, 2.24) is 5.32 Å². The monoisotopic (exact) mass is 173 g/mol. The molecule has 12 heavy (non-hydrogen) atoms. The molecule has 0 aromatic rings. The quantitative estimate of drug-likeness (QED) is 0.649. The Balaban J connectivity index is 4.14. The first-order chi connectivity index (χ1) is 5.49. The zero-order valence-electron chi connectivity index (χ0n) is 7.63. The largest absolute Gasteiger partial charge is 0.481 e. The van der Waals surface area contributed by atoms with E-state index in [1.165, 1.54) is 7.05 Å². The Morgan fingerprint density at radius 2 is 1.92 bits per heavy atom. The van der Waals surface area contributed by atoms with Crippen molar-refractivity contribution in [3.05, 3.63) is 0 Å². The number of hydrogen-bond donors (Lipinski definition) is 2. The molecular formula is C8H15NO3. The summed E-state index contributed by atoms with van der Waals surface area (Å²) in [5, 5.41) is 11.1. The van der Waals surface area contributed by atoms with E-state index in [1.54, 1.807) is 13.8 Å². The molecule has 0 spiro atoms. The second-order valence-electron chi connectivity index (χ2n) is 3.07. The first kappa shape index (κ1) is 10.9. The second-order valence-corrected chi connectivity index (χ2v) is 3.07. The molecule has 2 N–H and O–H groups in total. The molecular weight excluding hydrogens is 158 g/mol. The summed E-state index contributed by atoms with van der Waals surface area (Å²) < 4.78 is 0. The molecule has 0 aromatic heterocycles. The first-order valence-corrected chi connectivity index (χ1v) is 3.92. The zero-order valence-corrected chi connectivity index (χ0v) is 7.63. The van der Waals surface area contributed by atoms with Crippen molar-refractivity contribution in [2.45, 2.75) is 20.3 Å². The summed E-state index contributed by atoms with van der Waals surface area (Å²) in [5.41, 5.74) is 0. The zero-order chi connectivity index (χ0) is 9.72. The lowest BCUT2D eigenvalue weighted by atomic mass is 9.92. The highest BCUT2D eigenvalue weighted by Crippen LogP contribution is 2.14. The van der Waals surface area contributed by atoms with Crippen molar-refractivity contribution in [3.63, 3.8) is 0 Å². The Bertz CT molecular complexity index is 177. The van der Waals surface area contributed by atoms with Crippen LogP contribution in [0.4, 0.5) is 0 Å². The summed E-state index contributed by atoms with van der Waals surface area (Å²) in [7, 11) is 1.50. The Morgan fingerprint density at radius 3 is 2.17 bits per heavy atom. The van der Waals surface area contributed by atoms with Crippen LogP contribution in [0.15, 0.2) is 0 Å². The van der Waals surface area contributed by atoms with Gasteiger partial charge in [-0.1, -0.05) is 13.8 Å². The molecule has 0 bridgehead atoms. The highest BCUT2D eigenvalue weighted by atomic mass is 16.4. The van der Waals surface area contributed by atoms with Gasteiger partial charge in [-0.2, -0.15) is 0 Å².